The van der Waals surface area contributed by atoms with Crippen LogP contribution in [0.15, 0.2) is 42.5 Å². The van der Waals surface area contributed by atoms with Crippen molar-refractivity contribution in [3.05, 3.63) is 59.2 Å². The van der Waals surface area contributed by atoms with Gasteiger partial charge in [0, 0.05) is 0 Å². The number of rotatable bonds is 0. The zero-order valence-corrected chi connectivity index (χ0v) is 15.2. The summed E-state index contributed by atoms with van der Waals surface area (Å²) in [5.74, 6) is 1.73. The summed E-state index contributed by atoms with van der Waals surface area (Å²) in [6.45, 7) is 7.01. The van der Waals surface area contributed by atoms with Crippen molar-refractivity contribution in [3.8, 4) is 0 Å². The molecule has 0 saturated heterocycles. The number of benzene rings is 2. The fourth-order valence-electron chi connectivity index (χ4n) is 5.86. The zero-order valence-electron chi connectivity index (χ0n) is 15.2. The van der Waals surface area contributed by atoms with Crippen LogP contribution in [0.3, 0.4) is 0 Å². The predicted molar refractivity (Wildman–Crippen MR) is 102 cm³/mol. The third kappa shape index (κ3) is 2.05. The Kier molecular flexibility index (Phi) is 2.92. The Morgan fingerprint density at radius 2 is 1.92 bits per heavy atom. The lowest BCUT2D eigenvalue weighted by Crippen LogP contribution is -2.32. The molecule has 5 rings (SSSR count). The molecular formula is C24H28. The minimum Gasteiger partial charge on any atom is -0.0851 e. The second-order valence-electron chi connectivity index (χ2n) is 9.63. The van der Waals surface area contributed by atoms with Crippen LogP contribution in [-0.2, 0) is 18.3 Å². The molecule has 0 amide bonds. The van der Waals surface area contributed by atoms with Crippen molar-refractivity contribution in [2.45, 2.75) is 58.3 Å². The molecule has 1 saturated carbocycles. The lowest BCUT2D eigenvalue weighted by molar-refractivity contribution is 0.195. The molecule has 3 unspecified atom stereocenters. The third-order valence-electron chi connectivity index (χ3n) is 7.07. The lowest BCUT2D eigenvalue weighted by Gasteiger charge is -2.40. The highest BCUT2D eigenvalue weighted by Gasteiger charge is 2.49. The Balaban J connectivity index is 1.63. The molecule has 3 atom stereocenters. The Morgan fingerprint density at radius 3 is 2.62 bits per heavy atom. The molecule has 0 N–H and O–H groups in total. The Labute approximate surface area is 146 Å². The second-order valence-corrected chi connectivity index (χ2v) is 9.63. The van der Waals surface area contributed by atoms with Gasteiger partial charge in [0.15, 0.2) is 0 Å². The van der Waals surface area contributed by atoms with Crippen molar-refractivity contribution in [1.29, 1.82) is 0 Å². The van der Waals surface area contributed by atoms with E-state index >= 15 is 0 Å². The van der Waals surface area contributed by atoms with Crippen LogP contribution < -0.4 is 0 Å². The number of allylic oxidation sites excluding steroid dienone is 2. The molecule has 0 heteroatoms. The largest absolute Gasteiger partial charge is 0.0851 e. The fourth-order valence-corrected chi connectivity index (χ4v) is 5.86. The standard InChI is InChI=1S/C24H28/c1-23(2,3)22-6-4-5-18-12-17-9-10-24(15-19(17)13-21(18)22)14-16-7-8-20(24)11-16/h4-8,12-13,16,20H,9-11,14-15H2,1-3H3. The molecule has 3 aliphatic carbocycles. The van der Waals surface area contributed by atoms with Crippen molar-refractivity contribution >= 4 is 10.8 Å². The van der Waals surface area contributed by atoms with Crippen LogP contribution in [0.4, 0.5) is 0 Å². The van der Waals surface area contributed by atoms with E-state index in [0.29, 0.717) is 5.41 Å². The fraction of sp³-hybridized carbons (Fsp3) is 0.500. The van der Waals surface area contributed by atoms with E-state index in [4.69, 9.17) is 0 Å². The molecule has 0 aromatic heterocycles. The van der Waals surface area contributed by atoms with Gasteiger partial charge in [-0.25, -0.2) is 0 Å². The van der Waals surface area contributed by atoms with Gasteiger partial charge >= 0.3 is 0 Å². The summed E-state index contributed by atoms with van der Waals surface area (Å²) in [5, 5.41) is 2.92. The smallest absolute Gasteiger partial charge is 0.0126 e. The van der Waals surface area contributed by atoms with Gasteiger partial charge in [-0.2, -0.15) is 0 Å². The van der Waals surface area contributed by atoms with E-state index in [1.54, 1.807) is 11.1 Å². The first kappa shape index (κ1) is 14.8. The van der Waals surface area contributed by atoms with Crippen LogP contribution in [0.1, 0.15) is 56.7 Å². The van der Waals surface area contributed by atoms with Gasteiger partial charge in [0.05, 0.1) is 0 Å². The molecule has 0 heterocycles. The number of fused-ring (bicyclic) bond motifs is 5. The van der Waals surface area contributed by atoms with Crippen LogP contribution in [0.5, 0.6) is 0 Å². The quantitative estimate of drug-likeness (QED) is 0.507. The maximum atomic E-state index is 2.56. The van der Waals surface area contributed by atoms with Crippen molar-refractivity contribution in [1.82, 2.24) is 0 Å². The minimum atomic E-state index is 0.204. The summed E-state index contributed by atoms with van der Waals surface area (Å²) in [5.41, 5.74) is 5.54. The van der Waals surface area contributed by atoms with Gasteiger partial charge in [-0.3, -0.25) is 0 Å². The Morgan fingerprint density at radius 1 is 1.04 bits per heavy atom. The van der Waals surface area contributed by atoms with Crippen LogP contribution in [0, 0.1) is 17.3 Å². The molecule has 2 bridgehead atoms. The van der Waals surface area contributed by atoms with Crippen molar-refractivity contribution < 1.29 is 0 Å². The topological polar surface area (TPSA) is 0 Å². The highest BCUT2D eigenvalue weighted by atomic mass is 14.5. The van der Waals surface area contributed by atoms with Crippen molar-refractivity contribution in [2.24, 2.45) is 17.3 Å². The molecule has 24 heavy (non-hydrogen) atoms. The summed E-state index contributed by atoms with van der Waals surface area (Å²) in [6.07, 6.45) is 11.9. The van der Waals surface area contributed by atoms with E-state index in [1.165, 1.54) is 48.4 Å². The van der Waals surface area contributed by atoms with Crippen molar-refractivity contribution in [2.75, 3.05) is 0 Å². The van der Waals surface area contributed by atoms with Gasteiger partial charge in [0.25, 0.3) is 0 Å². The van der Waals surface area contributed by atoms with E-state index in [1.807, 2.05) is 0 Å². The van der Waals surface area contributed by atoms with Crippen LogP contribution in [0.2, 0.25) is 0 Å². The average molecular weight is 316 g/mol. The first-order chi connectivity index (χ1) is 11.4. The van der Waals surface area contributed by atoms with Gasteiger partial charge < -0.3 is 0 Å². The number of hydrogen-bond donors (Lipinski definition) is 0. The first-order valence-corrected chi connectivity index (χ1v) is 9.68. The SMILES string of the molecule is CC(C)(C)c1cccc2cc3c(cc12)CC1(CC3)CC2C=CC1C2. The normalized spacial score (nSPS) is 31.1. The van der Waals surface area contributed by atoms with E-state index in [2.05, 4.69) is 63.3 Å². The third-order valence-corrected chi connectivity index (χ3v) is 7.07. The molecule has 2 aromatic carbocycles. The Bertz CT molecular complexity index is 848. The minimum absolute atomic E-state index is 0.204. The van der Waals surface area contributed by atoms with Crippen LogP contribution >= 0.6 is 0 Å². The van der Waals surface area contributed by atoms with Gasteiger partial charge in [0.1, 0.15) is 0 Å². The molecular weight excluding hydrogens is 288 g/mol. The molecule has 0 radical (unpaired) electrons. The first-order valence-electron chi connectivity index (χ1n) is 9.68. The molecule has 1 spiro atoms. The molecule has 0 aliphatic heterocycles. The monoisotopic (exact) mass is 316 g/mol. The number of aryl methyl sites for hydroxylation is 1. The van der Waals surface area contributed by atoms with Gasteiger partial charge in [-0.15, -0.1) is 0 Å². The molecule has 124 valence electrons. The maximum Gasteiger partial charge on any atom is -0.0126 e. The molecule has 1 fully saturated rings. The Hall–Kier alpha value is -1.56. The molecule has 0 nitrogen and oxygen atoms in total. The second kappa shape index (κ2) is 4.75. The summed E-state index contributed by atoms with van der Waals surface area (Å²) in [7, 11) is 0. The zero-order chi connectivity index (χ0) is 16.5. The predicted octanol–water partition coefficient (Wildman–Crippen LogP) is 6.21. The highest BCUT2D eigenvalue weighted by Crippen LogP contribution is 2.58. The average Bonchev–Trinajstić information content (AvgIpc) is 3.12. The molecule has 3 aliphatic rings. The van der Waals surface area contributed by atoms with E-state index in [0.717, 1.165) is 11.8 Å². The summed E-state index contributed by atoms with van der Waals surface area (Å²) < 4.78 is 0. The number of hydrogen-bond acceptors (Lipinski definition) is 0. The van der Waals surface area contributed by atoms with Gasteiger partial charge in [0.2, 0.25) is 0 Å². The van der Waals surface area contributed by atoms with E-state index < -0.39 is 0 Å². The summed E-state index contributed by atoms with van der Waals surface area (Å²) in [4.78, 5) is 0. The lowest BCUT2D eigenvalue weighted by atomic mass is 9.64. The van der Waals surface area contributed by atoms with Crippen molar-refractivity contribution in [3.63, 3.8) is 0 Å². The van der Waals surface area contributed by atoms with Crippen LogP contribution in [0.25, 0.3) is 10.8 Å². The van der Waals surface area contributed by atoms with Gasteiger partial charge in [-0.05, 0) is 82.2 Å². The maximum absolute atomic E-state index is 2.56. The van der Waals surface area contributed by atoms with E-state index in [-0.39, 0.29) is 5.41 Å². The van der Waals surface area contributed by atoms with Crippen LogP contribution in [-0.4, -0.2) is 0 Å². The summed E-state index contributed by atoms with van der Waals surface area (Å²) in [6, 6.07) is 11.9. The summed E-state index contributed by atoms with van der Waals surface area (Å²) >= 11 is 0. The van der Waals surface area contributed by atoms with E-state index in [9.17, 15) is 0 Å². The van der Waals surface area contributed by atoms with Gasteiger partial charge in [-0.1, -0.05) is 63.3 Å². The molecule has 2 aromatic rings. The highest BCUT2D eigenvalue weighted by molar-refractivity contribution is 5.88.